The summed E-state index contributed by atoms with van der Waals surface area (Å²) in [5, 5.41) is 16.5. The molecule has 2 rings (SSSR count). The minimum atomic E-state index is -0.984. The Morgan fingerprint density at radius 1 is 1.40 bits per heavy atom. The second kappa shape index (κ2) is 4.14. The zero-order chi connectivity index (χ0) is 10.8. The fourth-order valence-electron chi connectivity index (χ4n) is 2.20. The Kier molecular flexibility index (Phi) is 2.86. The quantitative estimate of drug-likeness (QED) is 0.719. The van der Waals surface area contributed by atoms with Crippen LogP contribution >= 0.6 is 12.2 Å². The van der Waals surface area contributed by atoms with E-state index in [1.807, 2.05) is 0 Å². The maximum absolute atomic E-state index is 11.0. The Morgan fingerprint density at radius 3 is 2.73 bits per heavy atom. The molecule has 0 amide bonds. The molecule has 5 nitrogen and oxygen atoms in total. The number of H-pyrrole nitrogens is 2. The van der Waals surface area contributed by atoms with Crippen molar-refractivity contribution in [2.75, 3.05) is 0 Å². The van der Waals surface area contributed by atoms with Crippen LogP contribution in [0.3, 0.4) is 0 Å². The Balaban J connectivity index is 2.25. The van der Waals surface area contributed by atoms with E-state index in [2.05, 4.69) is 15.2 Å². The normalized spacial score (nSPS) is 26.4. The maximum Gasteiger partial charge on any atom is 0.213 e. The van der Waals surface area contributed by atoms with Crippen LogP contribution < -0.4 is 5.11 Å². The smallest absolute Gasteiger partial charge is 0.213 e. The van der Waals surface area contributed by atoms with Gasteiger partial charge in [-0.2, -0.15) is 0 Å². The SMILES string of the molecule is O=C([O-])[C@H]1CCCC[C@@H]1c1nc(=S)[nH][nH]1. The molecule has 2 N–H and O–H groups in total. The molecule has 1 saturated carbocycles. The highest BCUT2D eigenvalue weighted by molar-refractivity contribution is 7.71. The van der Waals surface area contributed by atoms with Crippen molar-refractivity contribution >= 4 is 18.2 Å². The Hall–Kier alpha value is -1.17. The van der Waals surface area contributed by atoms with Gasteiger partial charge in [0.25, 0.3) is 0 Å². The lowest BCUT2D eigenvalue weighted by atomic mass is 9.79. The highest BCUT2D eigenvalue weighted by Crippen LogP contribution is 2.35. The van der Waals surface area contributed by atoms with E-state index in [0.717, 1.165) is 19.3 Å². The molecule has 15 heavy (non-hydrogen) atoms. The van der Waals surface area contributed by atoms with Crippen LogP contribution in [0.4, 0.5) is 0 Å². The fourth-order valence-corrected chi connectivity index (χ4v) is 2.35. The molecule has 2 atom stereocenters. The maximum atomic E-state index is 11.0. The lowest BCUT2D eigenvalue weighted by Crippen LogP contribution is -2.37. The highest BCUT2D eigenvalue weighted by Gasteiger charge is 2.29. The van der Waals surface area contributed by atoms with Crippen LogP contribution in [0.15, 0.2) is 0 Å². The molecule has 1 aliphatic carbocycles. The largest absolute Gasteiger partial charge is 0.550 e. The van der Waals surface area contributed by atoms with Crippen molar-refractivity contribution < 1.29 is 9.90 Å². The minimum absolute atomic E-state index is 0.0864. The number of hydrogen-bond donors (Lipinski definition) is 2. The number of aromatic amines is 2. The van der Waals surface area contributed by atoms with Crippen LogP contribution in [0, 0.1) is 10.7 Å². The first kappa shape index (κ1) is 10.4. The van der Waals surface area contributed by atoms with Crippen LogP contribution in [-0.4, -0.2) is 21.2 Å². The van der Waals surface area contributed by atoms with Crippen molar-refractivity contribution in [3.05, 3.63) is 10.6 Å². The number of rotatable bonds is 2. The van der Waals surface area contributed by atoms with Gasteiger partial charge < -0.3 is 9.90 Å². The van der Waals surface area contributed by atoms with Gasteiger partial charge in [0.2, 0.25) is 4.77 Å². The van der Waals surface area contributed by atoms with E-state index >= 15 is 0 Å². The number of aliphatic carboxylic acids is 1. The van der Waals surface area contributed by atoms with E-state index in [-0.39, 0.29) is 5.92 Å². The molecule has 0 saturated heterocycles. The summed E-state index contributed by atoms with van der Waals surface area (Å²) in [6.45, 7) is 0. The van der Waals surface area contributed by atoms with Gasteiger partial charge in [-0.3, -0.25) is 10.2 Å². The Labute approximate surface area is 91.9 Å². The summed E-state index contributed by atoms with van der Waals surface area (Å²) in [7, 11) is 0. The molecule has 6 heteroatoms. The molecule has 1 aromatic heterocycles. The first-order chi connectivity index (χ1) is 7.18. The molecule has 0 radical (unpaired) electrons. The van der Waals surface area contributed by atoms with Crippen molar-refractivity contribution in [3.8, 4) is 0 Å². The lowest BCUT2D eigenvalue weighted by Gasteiger charge is -2.30. The number of carbonyl (C=O) groups excluding carboxylic acids is 1. The summed E-state index contributed by atoms with van der Waals surface area (Å²) >= 11 is 4.85. The second-order valence-corrected chi connectivity index (χ2v) is 4.26. The molecule has 1 aromatic rings. The number of carboxylic acid groups (broad SMARTS) is 1. The monoisotopic (exact) mass is 226 g/mol. The number of aromatic nitrogens is 3. The van der Waals surface area contributed by atoms with Gasteiger partial charge in [0.05, 0.1) is 0 Å². The Morgan fingerprint density at radius 2 is 2.13 bits per heavy atom. The second-order valence-electron chi connectivity index (χ2n) is 3.87. The molecule has 1 fully saturated rings. The summed E-state index contributed by atoms with van der Waals surface area (Å²) < 4.78 is 0.368. The van der Waals surface area contributed by atoms with Crippen LogP contribution in [-0.2, 0) is 4.79 Å². The van der Waals surface area contributed by atoms with E-state index in [4.69, 9.17) is 12.2 Å². The zero-order valence-electron chi connectivity index (χ0n) is 8.16. The average molecular weight is 226 g/mol. The summed E-state index contributed by atoms with van der Waals surface area (Å²) in [5.74, 6) is -0.861. The molecule has 0 aromatic carbocycles. The van der Waals surface area contributed by atoms with Crippen molar-refractivity contribution in [3.63, 3.8) is 0 Å². The van der Waals surface area contributed by atoms with Crippen molar-refractivity contribution in [1.82, 2.24) is 15.2 Å². The van der Waals surface area contributed by atoms with Gasteiger partial charge in [0.1, 0.15) is 5.82 Å². The van der Waals surface area contributed by atoms with Crippen LogP contribution in [0.5, 0.6) is 0 Å². The predicted octanol–water partition coefficient (Wildman–Crippen LogP) is 0.491. The third-order valence-electron chi connectivity index (χ3n) is 2.94. The lowest BCUT2D eigenvalue weighted by molar-refractivity contribution is -0.313. The number of nitrogens with one attached hydrogen (secondary N) is 2. The molecular formula is C9H12N3O2S-. The zero-order valence-corrected chi connectivity index (χ0v) is 8.97. The number of nitrogens with zero attached hydrogens (tertiary/aromatic N) is 1. The molecule has 0 aliphatic heterocycles. The molecular weight excluding hydrogens is 214 g/mol. The van der Waals surface area contributed by atoms with Gasteiger partial charge in [0.15, 0.2) is 0 Å². The first-order valence-corrected chi connectivity index (χ1v) is 5.45. The predicted molar refractivity (Wildman–Crippen MR) is 53.5 cm³/mol. The third-order valence-corrected chi connectivity index (χ3v) is 3.13. The average Bonchev–Trinajstić information content (AvgIpc) is 2.65. The first-order valence-electron chi connectivity index (χ1n) is 5.04. The molecule has 1 heterocycles. The minimum Gasteiger partial charge on any atom is -0.550 e. The van der Waals surface area contributed by atoms with Gasteiger partial charge in [-0.1, -0.05) is 12.8 Å². The van der Waals surface area contributed by atoms with Crippen molar-refractivity contribution in [2.24, 2.45) is 5.92 Å². The standard InChI is InChI=1S/C9H13N3O2S/c13-8(14)6-4-2-1-3-5(6)7-10-9(15)12-11-7/h5-6H,1-4H2,(H,13,14)(H2,10,11,12,15)/p-1/t5-,6-/m0/s1. The van der Waals surface area contributed by atoms with Gasteiger partial charge in [-0.25, -0.2) is 4.98 Å². The van der Waals surface area contributed by atoms with E-state index in [1.54, 1.807) is 0 Å². The molecule has 0 bridgehead atoms. The van der Waals surface area contributed by atoms with E-state index < -0.39 is 11.9 Å². The van der Waals surface area contributed by atoms with Gasteiger partial charge in [0, 0.05) is 17.8 Å². The number of carbonyl (C=O) groups is 1. The molecule has 0 spiro atoms. The summed E-state index contributed by atoms with van der Waals surface area (Å²) in [5.41, 5.74) is 0. The van der Waals surface area contributed by atoms with Crippen molar-refractivity contribution in [2.45, 2.75) is 31.6 Å². The Bertz CT molecular complexity index is 411. The summed E-state index contributed by atoms with van der Waals surface area (Å²) in [6, 6.07) is 0. The highest BCUT2D eigenvalue weighted by atomic mass is 32.1. The van der Waals surface area contributed by atoms with Gasteiger partial charge >= 0.3 is 0 Å². The fraction of sp³-hybridized carbons (Fsp3) is 0.667. The molecule has 1 aliphatic rings. The van der Waals surface area contributed by atoms with Crippen LogP contribution in [0.1, 0.15) is 37.4 Å². The summed E-state index contributed by atoms with van der Waals surface area (Å²) in [4.78, 5) is 15.0. The number of carboxylic acids is 1. The van der Waals surface area contributed by atoms with Crippen LogP contribution in [0.25, 0.3) is 0 Å². The van der Waals surface area contributed by atoms with E-state index in [0.29, 0.717) is 17.0 Å². The van der Waals surface area contributed by atoms with E-state index in [1.165, 1.54) is 0 Å². The molecule has 0 unspecified atom stereocenters. The van der Waals surface area contributed by atoms with Gasteiger partial charge in [-0.05, 0) is 25.1 Å². The molecule has 82 valence electrons. The van der Waals surface area contributed by atoms with Gasteiger partial charge in [-0.15, -0.1) is 0 Å². The number of hydrogen-bond acceptors (Lipinski definition) is 4. The van der Waals surface area contributed by atoms with E-state index in [9.17, 15) is 9.90 Å². The van der Waals surface area contributed by atoms with Crippen LogP contribution in [0.2, 0.25) is 0 Å². The topological polar surface area (TPSA) is 84.6 Å². The third kappa shape index (κ3) is 2.09. The summed E-state index contributed by atoms with van der Waals surface area (Å²) in [6.07, 6.45) is 3.47. The van der Waals surface area contributed by atoms with Crippen molar-refractivity contribution in [1.29, 1.82) is 0 Å².